The van der Waals surface area contributed by atoms with Crippen molar-refractivity contribution in [1.29, 1.82) is 0 Å². The Morgan fingerprint density at radius 3 is 2.55 bits per heavy atom. The normalized spacial score (nSPS) is 17.6. The van der Waals surface area contributed by atoms with Gasteiger partial charge in [-0.3, -0.25) is 0 Å². The number of ether oxygens (including phenoxy) is 3. The van der Waals surface area contributed by atoms with Crippen LogP contribution in [0.1, 0.15) is 38.8 Å². The predicted octanol–water partition coefficient (Wildman–Crippen LogP) is 2.91. The topological polar surface area (TPSA) is 53.7 Å². The Balaban J connectivity index is 2.21. The maximum Gasteiger partial charge on any atom is 0.161 e. The lowest BCUT2D eigenvalue weighted by Crippen LogP contribution is -2.33. The van der Waals surface area contributed by atoms with Crippen LogP contribution in [-0.4, -0.2) is 25.9 Å². The van der Waals surface area contributed by atoms with Gasteiger partial charge in [-0.25, -0.2) is 0 Å². The minimum absolute atomic E-state index is 0.00439. The SMILES string of the molecule is CCOC(C(C)C)C(N)c1ccc2c(c1)OCCCO2. The van der Waals surface area contributed by atoms with Crippen molar-refractivity contribution in [2.45, 2.75) is 39.3 Å². The first-order valence-electron chi connectivity index (χ1n) is 7.40. The van der Waals surface area contributed by atoms with Crippen LogP contribution in [-0.2, 0) is 4.74 Å². The number of nitrogens with two attached hydrogens (primary N) is 1. The Morgan fingerprint density at radius 2 is 1.90 bits per heavy atom. The lowest BCUT2D eigenvalue weighted by Gasteiger charge is -2.27. The predicted molar refractivity (Wildman–Crippen MR) is 79.2 cm³/mol. The summed E-state index contributed by atoms with van der Waals surface area (Å²) >= 11 is 0. The van der Waals surface area contributed by atoms with Crippen molar-refractivity contribution < 1.29 is 14.2 Å². The van der Waals surface area contributed by atoms with Gasteiger partial charge in [0.05, 0.1) is 25.4 Å². The van der Waals surface area contributed by atoms with Gasteiger partial charge in [0.1, 0.15) is 0 Å². The Kier molecular flexibility index (Phi) is 5.26. The molecule has 1 aromatic carbocycles. The molecule has 4 heteroatoms. The van der Waals surface area contributed by atoms with E-state index in [2.05, 4.69) is 13.8 Å². The van der Waals surface area contributed by atoms with E-state index in [-0.39, 0.29) is 12.1 Å². The Bertz CT molecular complexity index is 434. The van der Waals surface area contributed by atoms with Gasteiger partial charge in [-0.05, 0) is 30.5 Å². The van der Waals surface area contributed by atoms with E-state index in [0.717, 1.165) is 23.5 Å². The highest BCUT2D eigenvalue weighted by molar-refractivity contribution is 5.44. The number of fused-ring (bicyclic) bond motifs is 1. The van der Waals surface area contributed by atoms with Crippen LogP contribution in [0.3, 0.4) is 0 Å². The van der Waals surface area contributed by atoms with Gasteiger partial charge in [0.25, 0.3) is 0 Å². The van der Waals surface area contributed by atoms with Crippen LogP contribution < -0.4 is 15.2 Å². The van der Waals surface area contributed by atoms with Crippen LogP contribution in [0.15, 0.2) is 18.2 Å². The van der Waals surface area contributed by atoms with Crippen LogP contribution in [0, 0.1) is 5.92 Å². The molecule has 1 aliphatic heterocycles. The van der Waals surface area contributed by atoms with E-state index < -0.39 is 0 Å². The zero-order chi connectivity index (χ0) is 14.5. The Hall–Kier alpha value is -1.26. The van der Waals surface area contributed by atoms with Crippen molar-refractivity contribution in [3.8, 4) is 11.5 Å². The van der Waals surface area contributed by atoms with Crippen LogP contribution >= 0.6 is 0 Å². The van der Waals surface area contributed by atoms with Crippen molar-refractivity contribution in [1.82, 2.24) is 0 Å². The van der Waals surface area contributed by atoms with Crippen LogP contribution in [0.4, 0.5) is 0 Å². The second-order valence-corrected chi connectivity index (χ2v) is 5.45. The first kappa shape index (κ1) is 15.1. The molecule has 2 N–H and O–H groups in total. The third kappa shape index (κ3) is 3.44. The molecule has 0 saturated heterocycles. The molecule has 0 radical (unpaired) electrons. The first-order chi connectivity index (χ1) is 9.63. The molecule has 0 fully saturated rings. The average molecular weight is 279 g/mol. The average Bonchev–Trinajstić information content (AvgIpc) is 2.68. The molecule has 2 unspecified atom stereocenters. The Labute approximate surface area is 121 Å². The van der Waals surface area contributed by atoms with Gasteiger partial charge in [0, 0.05) is 13.0 Å². The number of rotatable bonds is 5. The molecular formula is C16H25NO3. The molecule has 112 valence electrons. The molecule has 1 heterocycles. The summed E-state index contributed by atoms with van der Waals surface area (Å²) in [5.74, 6) is 1.95. The van der Waals surface area contributed by atoms with Gasteiger partial charge >= 0.3 is 0 Å². The fourth-order valence-electron chi connectivity index (χ4n) is 2.48. The number of hydrogen-bond donors (Lipinski definition) is 1. The standard InChI is InChI=1S/C16H25NO3/c1-4-18-16(11(2)3)15(17)12-6-7-13-14(10-12)20-9-5-8-19-13/h6-7,10-11,15-16H,4-5,8-9,17H2,1-3H3. The van der Waals surface area contributed by atoms with Gasteiger partial charge in [-0.15, -0.1) is 0 Å². The molecule has 0 bridgehead atoms. The summed E-state index contributed by atoms with van der Waals surface area (Å²) in [7, 11) is 0. The summed E-state index contributed by atoms with van der Waals surface area (Å²) in [6.07, 6.45) is 0.911. The van der Waals surface area contributed by atoms with E-state index in [1.54, 1.807) is 0 Å². The monoisotopic (exact) mass is 279 g/mol. The first-order valence-corrected chi connectivity index (χ1v) is 7.40. The van der Waals surface area contributed by atoms with Gasteiger partial charge in [0.2, 0.25) is 0 Å². The molecule has 0 aromatic heterocycles. The fraction of sp³-hybridized carbons (Fsp3) is 0.625. The molecule has 4 nitrogen and oxygen atoms in total. The maximum absolute atomic E-state index is 6.38. The molecule has 1 aromatic rings. The summed E-state index contributed by atoms with van der Waals surface area (Å²) in [6.45, 7) is 8.31. The van der Waals surface area contributed by atoms with E-state index in [1.807, 2.05) is 25.1 Å². The minimum atomic E-state index is -0.160. The van der Waals surface area contributed by atoms with Crippen molar-refractivity contribution in [3.05, 3.63) is 23.8 Å². The third-order valence-corrected chi connectivity index (χ3v) is 3.53. The van der Waals surface area contributed by atoms with Crippen molar-refractivity contribution >= 4 is 0 Å². The molecule has 2 atom stereocenters. The van der Waals surface area contributed by atoms with Crippen molar-refractivity contribution in [2.75, 3.05) is 19.8 Å². The smallest absolute Gasteiger partial charge is 0.161 e. The summed E-state index contributed by atoms with van der Waals surface area (Å²) < 4.78 is 17.2. The molecular weight excluding hydrogens is 254 g/mol. The van der Waals surface area contributed by atoms with E-state index in [4.69, 9.17) is 19.9 Å². The van der Waals surface area contributed by atoms with Crippen molar-refractivity contribution in [3.63, 3.8) is 0 Å². The van der Waals surface area contributed by atoms with Gasteiger partial charge in [0.15, 0.2) is 11.5 Å². The fourth-order valence-corrected chi connectivity index (χ4v) is 2.48. The van der Waals surface area contributed by atoms with E-state index in [9.17, 15) is 0 Å². The van der Waals surface area contributed by atoms with Crippen LogP contribution in [0.5, 0.6) is 11.5 Å². The molecule has 0 saturated carbocycles. The maximum atomic E-state index is 6.38. The van der Waals surface area contributed by atoms with Crippen LogP contribution in [0.2, 0.25) is 0 Å². The van der Waals surface area contributed by atoms with Crippen molar-refractivity contribution in [2.24, 2.45) is 11.7 Å². The third-order valence-electron chi connectivity index (χ3n) is 3.53. The molecule has 1 aliphatic rings. The molecule has 0 spiro atoms. The van der Waals surface area contributed by atoms with Crippen LogP contribution in [0.25, 0.3) is 0 Å². The van der Waals surface area contributed by atoms with E-state index in [0.29, 0.717) is 25.7 Å². The van der Waals surface area contributed by atoms with E-state index >= 15 is 0 Å². The summed E-state index contributed by atoms with van der Waals surface area (Å²) in [6, 6.07) is 5.78. The summed E-state index contributed by atoms with van der Waals surface area (Å²) in [5.41, 5.74) is 7.41. The summed E-state index contributed by atoms with van der Waals surface area (Å²) in [5, 5.41) is 0. The second kappa shape index (κ2) is 6.95. The summed E-state index contributed by atoms with van der Waals surface area (Å²) in [4.78, 5) is 0. The van der Waals surface area contributed by atoms with Gasteiger partial charge in [-0.1, -0.05) is 19.9 Å². The zero-order valence-electron chi connectivity index (χ0n) is 12.6. The largest absolute Gasteiger partial charge is 0.490 e. The lowest BCUT2D eigenvalue weighted by atomic mass is 9.94. The van der Waals surface area contributed by atoms with Gasteiger partial charge < -0.3 is 19.9 Å². The number of hydrogen-bond acceptors (Lipinski definition) is 4. The molecule has 20 heavy (non-hydrogen) atoms. The zero-order valence-corrected chi connectivity index (χ0v) is 12.6. The van der Waals surface area contributed by atoms with E-state index in [1.165, 1.54) is 0 Å². The second-order valence-electron chi connectivity index (χ2n) is 5.45. The highest BCUT2D eigenvalue weighted by Gasteiger charge is 2.24. The lowest BCUT2D eigenvalue weighted by molar-refractivity contribution is 0.0121. The highest BCUT2D eigenvalue weighted by Crippen LogP contribution is 2.33. The quantitative estimate of drug-likeness (QED) is 0.900. The minimum Gasteiger partial charge on any atom is -0.490 e. The van der Waals surface area contributed by atoms with Gasteiger partial charge in [-0.2, -0.15) is 0 Å². The molecule has 0 aliphatic carbocycles. The molecule has 2 rings (SSSR count). The highest BCUT2D eigenvalue weighted by atomic mass is 16.5. The Morgan fingerprint density at radius 1 is 1.20 bits per heavy atom. The molecule has 0 amide bonds. The number of benzene rings is 1.